The van der Waals surface area contributed by atoms with Gasteiger partial charge in [0.25, 0.3) is 0 Å². The van der Waals surface area contributed by atoms with Crippen LogP contribution in [-0.4, -0.2) is 43.9 Å². The van der Waals surface area contributed by atoms with Crippen LogP contribution in [0.4, 0.5) is 17.6 Å². The molecule has 7 heteroatoms. The SMILES string of the molecule is C=C(/C=C(\C=C(/N)c1ccc(F)cc1)C(F)(F)F)C(C)OCC1(c2ccccc2)CCN(C)CC1. The van der Waals surface area contributed by atoms with Gasteiger partial charge in [0.15, 0.2) is 0 Å². The van der Waals surface area contributed by atoms with Crippen molar-refractivity contribution in [3.8, 4) is 0 Å². The summed E-state index contributed by atoms with van der Waals surface area (Å²) >= 11 is 0. The van der Waals surface area contributed by atoms with E-state index in [9.17, 15) is 17.6 Å². The Morgan fingerprint density at radius 1 is 1.09 bits per heavy atom. The Bertz CT molecular complexity index is 1050. The first kappa shape index (κ1) is 26.7. The van der Waals surface area contributed by atoms with Crippen LogP contribution >= 0.6 is 0 Å². The van der Waals surface area contributed by atoms with Crippen LogP contribution in [0.25, 0.3) is 5.70 Å². The monoisotopic (exact) mass is 488 g/mol. The second-order valence-electron chi connectivity index (χ2n) is 9.18. The molecule has 1 heterocycles. The maximum Gasteiger partial charge on any atom is 0.416 e. The Balaban J connectivity index is 1.77. The lowest BCUT2D eigenvalue weighted by molar-refractivity contribution is -0.0883. The molecule has 0 radical (unpaired) electrons. The van der Waals surface area contributed by atoms with E-state index in [1.165, 1.54) is 17.7 Å². The van der Waals surface area contributed by atoms with Crippen LogP contribution in [0.1, 0.15) is 30.9 Å². The number of halogens is 4. The number of nitrogens with zero attached hydrogens (tertiary/aromatic N) is 1. The van der Waals surface area contributed by atoms with E-state index in [4.69, 9.17) is 10.5 Å². The Kier molecular flexibility index (Phi) is 8.56. The van der Waals surface area contributed by atoms with Crippen molar-refractivity contribution in [1.29, 1.82) is 0 Å². The number of nitrogens with two attached hydrogens (primary N) is 1. The maximum atomic E-state index is 13.8. The van der Waals surface area contributed by atoms with E-state index in [1.54, 1.807) is 6.92 Å². The van der Waals surface area contributed by atoms with Gasteiger partial charge in [0.1, 0.15) is 5.82 Å². The third-order valence-electron chi connectivity index (χ3n) is 6.62. The third kappa shape index (κ3) is 7.05. The summed E-state index contributed by atoms with van der Waals surface area (Å²) in [6, 6.07) is 15.1. The van der Waals surface area contributed by atoms with Crippen LogP contribution in [0.3, 0.4) is 0 Å². The van der Waals surface area contributed by atoms with E-state index in [0.717, 1.165) is 50.2 Å². The first-order valence-electron chi connectivity index (χ1n) is 11.6. The lowest BCUT2D eigenvalue weighted by atomic mass is 9.73. The van der Waals surface area contributed by atoms with E-state index in [1.807, 2.05) is 18.2 Å². The normalized spacial score (nSPS) is 18.3. The zero-order valence-corrected chi connectivity index (χ0v) is 20.1. The fourth-order valence-electron chi connectivity index (χ4n) is 4.16. The zero-order valence-electron chi connectivity index (χ0n) is 20.1. The molecule has 1 aliphatic heterocycles. The number of hydrogen-bond donors (Lipinski definition) is 1. The first-order chi connectivity index (χ1) is 16.5. The van der Waals surface area contributed by atoms with Gasteiger partial charge in [-0.1, -0.05) is 49.0 Å². The average Bonchev–Trinajstić information content (AvgIpc) is 2.83. The molecule has 0 bridgehead atoms. The second-order valence-corrected chi connectivity index (χ2v) is 9.18. The molecule has 0 spiro atoms. The minimum absolute atomic E-state index is 0.121. The van der Waals surface area contributed by atoms with Crippen LogP contribution in [0, 0.1) is 5.82 Å². The van der Waals surface area contributed by atoms with Crippen molar-refractivity contribution in [3.63, 3.8) is 0 Å². The number of piperidine rings is 1. The molecule has 2 aromatic rings. The van der Waals surface area contributed by atoms with Gasteiger partial charge in [0, 0.05) is 11.1 Å². The summed E-state index contributed by atoms with van der Waals surface area (Å²) in [6.45, 7) is 7.76. The number of rotatable bonds is 8. The molecule has 0 saturated carbocycles. The van der Waals surface area contributed by atoms with Gasteiger partial charge in [-0.05, 0) is 80.9 Å². The van der Waals surface area contributed by atoms with Gasteiger partial charge >= 0.3 is 6.18 Å². The number of allylic oxidation sites excluding steroid dienone is 2. The summed E-state index contributed by atoms with van der Waals surface area (Å²) in [5.41, 5.74) is 6.27. The molecule has 3 nitrogen and oxygen atoms in total. The number of hydrogen-bond acceptors (Lipinski definition) is 3. The molecule has 0 amide bonds. The number of benzene rings is 2. The average molecular weight is 489 g/mol. The molecule has 188 valence electrons. The van der Waals surface area contributed by atoms with Crippen LogP contribution < -0.4 is 5.73 Å². The topological polar surface area (TPSA) is 38.5 Å². The highest BCUT2D eigenvalue weighted by atomic mass is 19.4. The zero-order chi connectivity index (χ0) is 25.6. The molecule has 1 saturated heterocycles. The highest BCUT2D eigenvalue weighted by Crippen LogP contribution is 2.36. The Hall–Kier alpha value is -2.90. The molecule has 1 aliphatic rings. The van der Waals surface area contributed by atoms with E-state index in [-0.39, 0.29) is 16.7 Å². The Labute approximate surface area is 204 Å². The standard InChI is InChI=1S/C28H32F4N2O/c1-20(17-24(28(30,31)32)18-26(33)22-9-11-25(29)12-10-22)21(2)35-19-27(13-15-34(3)16-14-27)23-7-5-4-6-8-23/h4-12,17-18,21H,1,13-16,19,33H2,2-3H3/b24-17+,26-18-. The molecule has 0 aliphatic carbocycles. The predicted octanol–water partition coefficient (Wildman–Crippen LogP) is 6.24. The van der Waals surface area contributed by atoms with Crippen molar-refractivity contribution in [2.24, 2.45) is 5.73 Å². The van der Waals surface area contributed by atoms with E-state index >= 15 is 0 Å². The summed E-state index contributed by atoms with van der Waals surface area (Å²) in [6.07, 6.45) is -1.68. The largest absolute Gasteiger partial charge is 0.416 e. The van der Waals surface area contributed by atoms with Gasteiger partial charge in [-0.25, -0.2) is 4.39 Å². The third-order valence-corrected chi connectivity index (χ3v) is 6.62. The lowest BCUT2D eigenvalue weighted by Crippen LogP contribution is -2.44. The van der Waals surface area contributed by atoms with Crippen molar-refractivity contribution in [2.45, 2.75) is 37.5 Å². The summed E-state index contributed by atoms with van der Waals surface area (Å²) < 4.78 is 60.6. The predicted molar refractivity (Wildman–Crippen MR) is 132 cm³/mol. The summed E-state index contributed by atoms with van der Waals surface area (Å²) in [5.74, 6) is -0.495. The van der Waals surface area contributed by atoms with Crippen molar-refractivity contribution < 1.29 is 22.3 Å². The van der Waals surface area contributed by atoms with Gasteiger partial charge in [-0.2, -0.15) is 13.2 Å². The molecule has 0 aromatic heterocycles. The smallest absolute Gasteiger partial charge is 0.398 e. The van der Waals surface area contributed by atoms with Crippen LogP contribution in [0.2, 0.25) is 0 Å². The van der Waals surface area contributed by atoms with Gasteiger partial charge in [0.05, 0.1) is 18.3 Å². The number of likely N-dealkylation sites (tertiary alicyclic amines) is 1. The van der Waals surface area contributed by atoms with E-state index in [0.29, 0.717) is 12.2 Å². The Morgan fingerprint density at radius 2 is 1.69 bits per heavy atom. The van der Waals surface area contributed by atoms with Crippen LogP contribution in [0.15, 0.2) is 84.5 Å². The molecule has 1 unspecified atom stereocenters. The molecular weight excluding hydrogens is 456 g/mol. The fraction of sp³-hybridized carbons (Fsp3) is 0.357. The van der Waals surface area contributed by atoms with E-state index in [2.05, 4.69) is 30.7 Å². The molecule has 35 heavy (non-hydrogen) atoms. The van der Waals surface area contributed by atoms with Crippen molar-refractivity contribution in [3.05, 3.63) is 101 Å². The van der Waals surface area contributed by atoms with Gasteiger partial charge in [0.2, 0.25) is 0 Å². The quantitative estimate of drug-likeness (QED) is 0.353. The van der Waals surface area contributed by atoms with Crippen molar-refractivity contribution >= 4 is 5.70 Å². The number of ether oxygens (including phenoxy) is 1. The Morgan fingerprint density at radius 3 is 2.26 bits per heavy atom. The van der Waals surface area contributed by atoms with Gasteiger partial charge in [-0.15, -0.1) is 0 Å². The van der Waals surface area contributed by atoms with Crippen molar-refractivity contribution in [1.82, 2.24) is 4.90 Å². The minimum Gasteiger partial charge on any atom is -0.398 e. The van der Waals surface area contributed by atoms with Crippen LogP contribution in [0.5, 0.6) is 0 Å². The fourth-order valence-corrected chi connectivity index (χ4v) is 4.16. The number of alkyl halides is 3. The summed E-state index contributed by atoms with van der Waals surface area (Å²) in [7, 11) is 2.08. The maximum absolute atomic E-state index is 13.8. The summed E-state index contributed by atoms with van der Waals surface area (Å²) in [4.78, 5) is 2.26. The summed E-state index contributed by atoms with van der Waals surface area (Å²) in [5, 5.41) is 0. The van der Waals surface area contributed by atoms with Crippen molar-refractivity contribution in [2.75, 3.05) is 26.7 Å². The second kappa shape index (κ2) is 11.2. The van der Waals surface area contributed by atoms with Gasteiger partial charge < -0.3 is 15.4 Å². The highest BCUT2D eigenvalue weighted by Gasteiger charge is 2.37. The molecular formula is C28H32F4N2O. The highest BCUT2D eigenvalue weighted by molar-refractivity contribution is 5.66. The molecule has 2 aromatic carbocycles. The molecule has 1 fully saturated rings. The van der Waals surface area contributed by atoms with E-state index < -0.39 is 23.7 Å². The molecule has 1 atom stereocenters. The molecule has 3 rings (SSSR count). The van der Waals surface area contributed by atoms with Crippen LogP contribution in [-0.2, 0) is 10.2 Å². The first-order valence-corrected chi connectivity index (χ1v) is 11.6. The van der Waals surface area contributed by atoms with Gasteiger partial charge in [-0.3, -0.25) is 0 Å². The minimum atomic E-state index is -4.65. The lowest BCUT2D eigenvalue weighted by Gasteiger charge is -2.41. The molecule has 2 N–H and O–H groups in total.